The van der Waals surface area contributed by atoms with Crippen molar-refractivity contribution >= 4 is 29.9 Å². The standard InChI is InChI=1S/C21H43N5O.HI/c1-3-22-20(24-19-21(11-18-27)9-5-4-6-10-21)23-12-7-8-13-26-16-14-25(2)15-17-26;/h27H,3-19H2,1-2H3,(H2,22,23,24);1H. The van der Waals surface area contributed by atoms with Gasteiger partial charge in [-0.15, -0.1) is 24.0 Å². The molecule has 2 rings (SSSR count). The third-order valence-electron chi connectivity index (χ3n) is 6.26. The van der Waals surface area contributed by atoms with Crippen LogP contribution in [-0.4, -0.2) is 86.9 Å². The van der Waals surface area contributed by atoms with Crippen molar-refractivity contribution in [2.75, 3.05) is 66.0 Å². The first kappa shape index (κ1) is 25.9. The Morgan fingerprint density at radius 3 is 2.39 bits per heavy atom. The second-order valence-corrected chi connectivity index (χ2v) is 8.51. The van der Waals surface area contributed by atoms with Crippen LogP contribution in [0, 0.1) is 5.41 Å². The van der Waals surface area contributed by atoms with Gasteiger partial charge in [0.05, 0.1) is 0 Å². The van der Waals surface area contributed by atoms with Crippen molar-refractivity contribution in [2.24, 2.45) is 10.4 Å². The first-order chi connectivity index (χ1) is 13.2. The maximum atomic E-state index is 9.49. The van der Waals surface area contributed by atoms with Crippen LogP contribution in [0.25, 0.3) is 0 Å². The fourth-order valence-electron chi connectivity index (χ4n) is 4.35. The first-order valence-electron chi connectivity index (χ1n) is 11.2. The number of aliphatic imine (C=N–C) groups is 1. The van der Waals surface area contributed by atoms with Crippen molar-refractivity contribution in [3.05, 3.63) is 0 Å². The lowest BCUT2D eigenvalue weighted by Crippen LogP contribution is -2.44. The SMILES string of the molecule is CCNC(=NCC1(CCO)CCCCC1)NCCCCN1CCN(C)CC1.I. The van der Waals surface area contributed by atoms with Crippen LogP contribution in [0.5, 0.6) is 0 Å². The quantitative estimate of drug-likeness (QED) is 0.183. The fraction of sp³-hybridized carbons (Fsp3) is 0.952. The molecule has 2 fully saturated rings. The second-order valence-electron chi connectivity index (χ2n) is 8.51. The van der Waals surface area contributed by atoms with Crippen LogP contribution in [0.2, 0.25) is 0 Å². The van der Waals surface area contributed by atoms with E-state index >= 15 is 0 Å². The number of halogens is 1. The summed E-state index contributed by atoms with van der Waals surface area (Å²) in [5.74, 6) is 0.944. The first-order valence-corrected chi connectivity index (χ1v) is 11.2. The molecule has 0 spiro atoms. The van der Waals surface area contributed by atoms with Gasteiger partial charge in [0, 0.05) is 52.4 Å². The zero-order valence-corrected chi connectivity index (χ0v) is 20.5. The van der Waals surface area contributed by atoms with Crippen LogP contribution in [0.1, 0.15) is 58.3 Å². The molecule has 0 atom stereocenters. The van der Waals surface area contributed by atoms with Crippen LogP contribution in [0.3, 0.4) is 0 Å². The van der Waals surface area contributed by atoms with Crippen LogP contribution >= 0.6 is 24.0 Å². The molecule has 1 saturated heterocycles. The second kappa shape index (κ2) is 14.8. The molecule has 0 aromatic rings. The highest BCUT2D eigenvalue weighted by Gasteiger charge is 2.31. The average Bonchev–Trinajstić information content (AvgIpc) is 2.68. The molecule has 0 aromatic heterocycles. The van der Waals surface area contributed by atoms with Crippen LogP contribution < -0.4 is 10.6 Å². The highest BCUT2D eigenvalue weighted by Crippen LogP contribution is 2.39. The Kier molecular flexibility index (Phi) is 13.7. The molecule has 0 unspecified atom stereocenters. The predicted octanol–water partition coefficient (Wildman–Crippen LogP) is 2.52. The molecule has 2 aliphatic rings. The molecule has 28 heavy (non-hydrogen) atoms. The summed E-state index contributed by atoms with van der Waals surface area (Å²) in [5.41, 5.74) is 0.219. The number of unbranched alkanes of at least 4 members (excludes halogenated alkanes) is 1. The van der Waals surface area contributed by atoms with Gasteiger partial charge in [-0.05, 0) is 58.0 Å². The summed E-state index contributed by atoms with van der Waals surface area (Å²) in [6, 6.07) is 0. The van der Waals surface area contributed by atoms with Crippen molar-refractivity contribution in [2.45, 2.75) is 58.3 Å². The highest BCUT2D eigenvalue weighted by molar-refractivity contribution is 14.0. The van der Waals surface area contributed by atoms with E-state index in [0.29, 0.717) is 0 Å². The largest absolute Gasteiger partial charge is 0.396 e. The van der Waals surface area contributed by atoms with Gasteiger partial charge in [-0.3, -0.25) is 4.99 Å². The minimum atomic E-state index is 0. The fourth-order valence-corrected chi connectivity index (χ4v) is 4.35. The third-order valence-corrected chi connectivity index (χ3v) is 6.26. The lowest BCUT2D eigenvalue weighted by Gasteiger charge is -2.35. The summed E-state index contributed by atoms with van der Waals surface area (Å²) >= 11 is 0. The molecule has 3 N–H and O–H groups in total. The summed E-state index contributed by atoms with van der Waals surface area (Å²) in [4.78, 5) is 9.89. The molecular formula is C21H44IN5O. The number of piperazine rings is 1. The van der Waals surface area contributed by atoms with E-state index in [2.05, 4.69) is 34.4 Å². The van der Waals surface area contributed by atoms with Crippen molar-refractivity contribution in [3.63, 3.8) is 0 Å². The summed E-state index contributed by atoms with van der Waals surface area (Å²) in [5, 5.41) is 16.4. The maximum Gasteiger partial charge on any atom is 0.191 e. The van der Waals surface area contributed by atoms with Crippen molar-refractivity contribution in [1.82, 2.24) is 20.4 Å². The molecule has 0 bridgehead atoms. The van der Waals surface area contributed by atoms with Gasteiger partial charge >= 0.3 is 0 Å². The Labute approximate surface area is 189 Å². The van der Waals surface area contributed by atoms with Crippen LogP contribution in [0.4, 0.5) is 0 Å². The van der Waals surface area contributed by atoms with Crippen molar-refractivity contribution < 1.29 is 5.11 Å². The number of hydrogen-bond donors (Lipinski definition) is 3. The highest BCUT2D eigenvalue weighted by atomic mass is 127. The van der Waals surface area contributed by atoms with Gasteiger partial charge in [0.1, 0.15) is 0 Å². The van der Waals surface area contributed by atoms with E-state index < -0.39 is 0 Å². The van der Waals surface area contributed by atoms with E-state index in [9.17, 15) is 5.11 Å². The van der Waals surface area contributed by atoms with E-state index in [0.717, 1.165) is 32.0 Å². The Hall–Kier alpha value is -0.120. The molecule has 7 heteroatoms. The van der Waals surface area contributed by atoms with Crippen molar-refractivity contribution in [3.8, 4) is 0 Å². The lowest BCUT2D eigenvalue weighted by molar-refractivity contribution is 0.137. The number of rotatable bonds is 10. The maximum absolute atomic E-state index is 9.49. The van der Waals surface area contributed by atoms with E-state index in [-0.39, 0.29) is 36.0 Å². The molecule has 0 aromatic carbocycles. The topological polar surface area (TPSA) is 63.1 Å². The Morgan fingerprint density at radius 2 is 1.75 bits per heavy atom. The zero-order chi connectivity index (χ0) is 19.4. The number of likely N-dealkylation sites (N-methyl/N-ethyl adjacent to an activating group) is 1. The Balaban J connectivity index is 0.00000392. The Morgan fingerprint density at radius 1 is 1.04 bits per heavy atom. The Bertz CT molecular complexity index is 416. The summed E-state index contributed by atoms with van der Waals surface area (Å²) in [6.07, 6.45) is 9.63. The van der Waals surface area contributed by atoms with Crippen LogP contribution in [0.15, 0.2) is 4.99 Å². The monoisotopic (exact) mass is 509 g/mol. The minimum Gasteiger partial charge on any atom is -0.396 e. The van der Waals surface area contributed by atoms with Gasteiger partial charge in [-0.25, -0.2) is 0 Å². The molecule has 1 aliphatic heterocycles. The van der Waals surface area contributed by atoms with E-state index in [1.165, 1.54) is 77.7 Å². The summed E-state index contributed by atoms with van der Waals surface area (Å²) in [7, 11) is 2.21. The molecule has 1 heterocycles. The van der Waals surface area contributed by atoms with Gasteiger partial charge in [0.15, 0.2) is 5.96 Å². The number of aliphatic hydroxyl groups is 1. The normalized spacial score (nSPS) is 21.2. The van der Waals surface area contributed by atoms with Gasteiger partial charge in [-0.2, -0.15) is 0 Å². The van der Waals surface area contributed by atoms with Crippen LogP contribution in [-0.2, 0) is 0 Å². The zero-order valence-electron chi connectivity index (χ0n) is 18.2. The lowest BCUT2D eigenvalue weighted by atomic mass is 9.72. The van der Waals surface area contributed by atoms with Crippen molar-refractivity contribution in [1.29, 1.82) is 0 Å². The van der Waals surface area contributed by atoms with Gasteiger partial charge in [0.25, 0.3) is 0 Å². The number of aliphatic hydroxyl groups excluding tert-OH is 1. The predicted molar refractivity (Wildman–Crippen MR) is 130 cm³/mol. The molecule has 6 nitrogen and oxygen atoms in total. The smallest absolute Gasteiger partial charge is 0.191 e. The summed E-state index contributed by atoms with van der Waals surface area (Å²) in [6.45, 7) is 11.1. The number of nitrogens with zero attached hydrogens (tertiary/aromatic N) is 3. The van der Waals surface area contributed by atoms with E-state index in [4.69, 9.17) is 4.99 Å². The van der Waals surface area contributed by atoms with Gasteiger partial charge in [-0.1, -0.05) is 19.3 Å². The molecular weight excluding hydrogens is 465 g/mol. The van der Waals surface area contributed by atoms with Gasteiger partial charge < -0.3 is 25.5 Å². The number of nitrogens with one attached hydrogen (secondary N) is 2. The van der Waals surface area contributed by atoms with E-state index in [1.54, 1.807) is 0 Å². The average molecular weight is 510 g/mol. The minimum absolute atomic E-state index is 0. The van der Waals surface area contributed by atoms with E-state index in [1.807, 2.05) is 0 Å². The molecule has 0 amide bonds. The summed E-state index contributed by atoms with van der Waals surface area (Å²) < 4.78 is 0. The molecule has 0 radical (unpaired) electrons. The number of guanidine groups is 1. The molecule has 166 valence electrons. The third kappa shape index (κ3) is 9.59. The number of hydrogen-bond acceptors (Lipinski definition) is 4. The molecule has 1 saturated carbocycles. The molecule has 1 aliphatic carbocycles. The van der Waals surface area contributed by atoms with Gasteiger partial charge in [0.2, 0.25) is 0 Å².